The van der Waals surface area contributed by atoms with Gasteiger partial charge in [0.1, 0.15) is 23.2 Å². The topological polar surface area (TPSA) is 109 Å². The van der Waals surface area contributed by atoms with E-state index in [1.165, 1.54) is 12.1 Å². The predicted octanol–water partition coefficient (Wildman–Crippen LogP) is 4.96. The highest BCUT2D eigenvalue weighted by molar-refractivity contribution is 6.09. The third kappa shape index (κ3) is 4.39. The van der Waals surface area contributed by atoms with Crippen LogP contribution in [0.1, 0.15) is 18.2 Å². The first-order valence-electron chi connectivity index (χ1n) is 8.88. The van der Waals surface area contributed by atoms with E-state index in [-0.39, 0.29) is 22.8 Å². The van der Waals surface area contributed by atoms with Crippen LogP contribution >= 0.6 is 0 Å². The molecule has 0 unspecified atom stereocenters. The van der Waals surface area contributed by atoms with Gasteiger partial charge < -0.3 is 9.73 Å². The number of anilines is 1. The van der Waals surface area contributed by atoms with Crippen LogP contribution in [0, 0.1) is 21.4 Å². The first-order valence-corrected chi connectivity index (χ1v) is 8.88. The van der Waals surface area contributed by atoms with E-state index in [1.807, 2.05) is 25.1 Å². The Morgan fingerprint density at radius 1 is 1.17 bits per heavy atom. The first kappa shape index (κ1) is 19.6. The van der Waals surface area contributed by atoms with Crippen LogP contribution in [0.25, 0.3) is 17.4 Å². The molecule has 2 aromatic carbocycles. The second-order valence-corrected chi connectivity index (χ2v) is 6.11. The third-order valence-corrected chi connectivity index (χ3v) is 4.29. The molecule has 29 heavy (non-hydrogen) atoms. The average Bonchev–Trinajstić information content (AvgIpc) is 3.20. The van der Waals surface area contributed by atoms with Crippen molar-refractivity contribution in [2.45, 2.75) is 13.3 Å². The quantitative estimate of drug-likeness (QED) is 0.278. The van der Waals surface area contributed by atoms with Crippen LogP contribution in [0.4, 0.5) is 11.4 Å². The number of nitriles is 1. The van der Waals surface area contributed by atoms with Gasteiger partial charge in [0, 0.05) is 17.8 Å². The zero-order chi connectivity index (χ0) is 20.8. The van der Waals surface area contributed by atoms with Crippen LogP contribution in [0.3, 0.4) is 0 Å². The minimum absolute atomic E-state index is 0.0909. The van der Waals surface area contributed by atoms with Gasteiger partial charge in [-0.2, -0.15) is 5.26 Å². The fraction of sp³-hybridized carbons (Fsp3) is 0.0909. The van der Waals surface area contributed by atoms with Crippen molar-refractivity contribution in [3.8, 4) is 17.4 Å². The van der Waals surface area contributed by atoms with Crippen molar-refractivity contribution in [3.05, 3.63) is 87.7 Å². The maximum atomic E-state index is 12.5. The van der Waals surface area contributed by atoms with Gasteiger partial charge in [0.2, 0.25) is 0 Å². The van der Waals surface area contributed by atoms with Crippen molar-refractivity contribution in [1.82, 2.24) is 0 Å². The molecule has 1 heterocycles. The first-order chi connectivity index (χ1) is 14.0. The number of nitrogens with one attached hydrogen (secondary N) is 1. The number of benzene rings is 2. The summed E-state index contributed by atoms with van der Waals surface area (Å²) >= 11 is 0. The number of rotatable bonds is 6. The number of amides is 1. The fourth-order valence-corrected chi connectivity index (χ4v) is 2.85. The van der Waals surface area contributed by atoms with Gasteiger partial charge in [-0.3, -0.25) is 14.9 Å². The van der Waals surface area contributed by atoms with Gasteiger partial charge in [-0.15, -0.1) is 0 Å². The summed E-state index contributed by atoms with van der Waals surface area (Å²) in [7, 11) is 0. The molecule has 0 saturated heterocycles. The predicted molar refractivity (Wildman–Crippen MR) is 109 cm³/mol. The monoisotopic (exact) mass is 387 g/mol. The van der Waals surface area contributed by atoms with Crippen LogP contribution in [0.15, 0.2) is 70.7 Å². The summed E-state index contributed by atoms with van der Waals surface area (Å²) < 4.78 is 5.63. The summed E-state index contributed by atoms with van der Waals surface area (Å²) in [5, 5.41) is 23.3. The van der Waals surface area contributed by atoms with Crippen molar-refractivity contribution < 1.29 is 14.1 Å². The van der Waals surface area contributed by atoms with Crippen LogP contribution in [0.2, 0.25) is 0 Å². The molecule has 0 saturated carbocycles. The summed E-state index contributed by atoms with van der Waals surface area (Å²) in [6, 6.07) is 18.5. The molecular weight excluding hydrogens is 370 g/mol. The maximum absolute atomic E-state index is 12.5. The molecule has 7 heteroatoms. The number of carbonyl (C=O) groups is 1. The minimum Gasteiger partial charge on any atom is -0.456 e. The lowest BCUT2D eigenvalue weighted by Crippen LogP contribution is -2.14. The lowest BCUT2D eigenvalue weighted by Gasteiger charge is -2.08. The number of hydrogen-bond donors (Lipinski definition) is 1. The van der Waals surface area contributed by atoms with E-state index in [4.69, 9.17) is 4.42 Å². The smallest absolute Gasteiger partial charge is 0.280 e. The Morgan fingerprint density at radius 3 is 2.62 bits per heavy atom. The second-order valence-electron chi connectivity index (χ2n) is 6.11. The molecular formula is C22H17N3O4. The summed E-state index contributed by atoms with van der Waals surface area (Å²) in [6.07, 6.45) is 2.04. The molecule has 0 aliphatic carbocycles. The number of para-hydroxylation sites is 2. The standard InChI is InChI=1S/C22H17N3O4/c1-2-15-7-3-5-9-19(15)24-22(26)16(14-23)13-17-11-12-21(29-17)18-8-4-6-10-20(18)25(27)28/h3-13H,2H2,1H3,(H,24,26)/b16-13+. The molecule has 0 radical (unpaired) electrons. The lowest BCUT2D eigenvalue weighted by molar-refractivity contribution is -0.384. The zero-order valence-electron chi connectivity index (χ0n) is 15.6. The summed E-state index contributed by atoms with van der Waals surface area (Å²) in [5.41, 5.74) is 1.68. The third-order valence-electron chi connectivity index (χ3n) is 4.29. The molecule has 7 nitrogen and oxygen atoms in total. The number of nitro benzene ring substituents is 1. The highest BCUT2D eigenvalue weighted by Crippen LogP contribution is 2.31. The van der Waals surface area contributed by atoms with Crippen molar-refractivity contribution in [1.29, 1.82) is 5.26 Å². The fourth-order valence-electron chi connectivity index (χ4n) is 2.85. The van der Waals surface area contributed by atoms with Crippen molar-refractivity contribution in [3.63, 3.8) is 0 Å². The Labute approximate surface area is 167 Å². The molecule has 3 rings (SSSR count). The van der Waals surface area contributed by atoms with E-state index >= 15 is 0 Å². The van der Waals surface area contributed by atoms with Crippen LogP contribution in [-0.2, 0) is 11.2 Å². The molecule has 1 aromatic heterocycles. The molecule has 0 fully saturated rings. The minimum atomic E-state index is -0.558. The highest BCUT2D eigenvalue weighted by Gasteiger charge is 2.18. The van der Waals surface area contributed by atoms with Crippen molar-refractivity contribution in [2.24, 2.45) is 0 Å². The van der Waals surface area contributed by atoms with E-state index in [1.54, 1.807) is 42.5 Å². The molecule has 0 spiro atoms. The van der Waals surface area contributed by atoms with E-state index < -0.39 is 10.8 Å². The van der Waals surface area contributed by atoms with Crippen LogP contribution < -0.4 is 5.32 Å². The number of aryl methyl sites for hydroxylation is 1. The largest absolute Gasteiger partial charge is 0.456 e. The van der Waals surface area contributed by atoms with E-state index in [9.17, 15) is 20.2 Å². The average molecular weight is 387 g/mol. The van der Waals surface area contributed by atoms with Gasteiger partial charge in [-0.25, -0.2) is 0 Å². The Bertz CT molecular complexity index is 1140. The van der Waals surface area contributed by atoms with E-state index in [0.29, 0.717) is 11.3 Å². The van der Waals surface area contributed by atoms with E-state index in [0.717, 1.165) is 12.0 Å². The number of carbonyl (C=O) groups excluding carboxylic acids is 1. The number of furan rings is 1. The zero-order valence-corrected chi connectivity index (χ0v) is 15.6. The normalized spacial score (nSPS) is 11.0. The Balaban J connectivity index is 1.87. The molecule has 0 atom stereocenters. The van der Waals surface area contributed by atoms with Crippen LogP contribution in [0.5, 0.6) is 0 Å². The molecule has 0 bridgehead atoms. The maximum Gasteiger partial charge on any atom is 0.280 e. The summed E-state index contributed by atoms with van der Waals surface area (Å²) in [4.78, 5) is 23.2. The second kappa shape index (κ2) is 8.67. The Morgan fingerprint density at radius 2 is 1.90 bits per heavy atom. The highest BCUT2D eigenvalue weighted by atomic mass is 16.6. The molecule has 1 amide bonds. The number of hydrogen-bond acceptors (Lipinski definition) is 5. The lowest BCUT2D eigenvalue weighted by atomic mass is 10.1. The van der Waals surface area contributed by atoms with E-state index in [2.05, 4.69) is 5.32 Å². The molecule has 1 N–H and O–H groups in total. The SMILES string of the molecule is CCc1ccccc1NC(=O)/C(C#N)=C/c1ccc(-c2ccccc2[N+](=O)[O-])o1. The van der Waals surface area contributed by atoms with Gasteiger partial charge in [-0.1, -0.05) is 37.3 Å². The summed E-state index contributed by atoms with van der Waals surface area (Å²) in [6.45, 7) is 1.97. The van der Waals surface area contributed by atoms with Gasteiger partial charge in [-0.05, 0) is 36.2 Å². The molecule has 0 aliphatic heterocycles. The van der Waals surface area contributed by atoms with Gasteiger partial charge in [0.15, 0.2) is 0 Å². The Kier molecular flexibility index (Phi) is 5.85. The molecule has 144 valence electrons. The van der Waals surface area contributed by atoms with Gasteiger partial charge in [0.25, 0.3) is 11.6 Å². The summed E-state index contributed by atoms with van der Waals surface area (Å²) in [5.74, 6) is -0.0387. The molecule has 0 aliphatic rings. The van der Waals surface area contributed by atoms with Gasteiger partial charge >= 0.3 is 0 Å². The van der Waals surface area contributed by atoms with Crippen molar-refractivity contribution in [2.75, 3.05) is 5.32 Å². The van der Waals surface area contributed by atoms with Gasteiger partial charge in [0.05, 0.1) is 10.5 Å². The van der Waals surface area contributed by atoms with Crippen molar-refractivity contribution >= 4 is 23.4 Å². The Hall–Kier alpha value is -4.18. The molecule has 3 aromatic rings. The number of nitrogens with zero attached hydrogens (tertiary/aromatic N) is 2. The number of nitro groups is 1. The van der Waals surface area contributed by atoms with Crippen LogP contribution in [-0.4, -0.2) is 10.8 Å².